The molecule has 40 heavy (non-hydrogen) atoms. The fourth-order valence-corrected chi connectivity index (χ4v) is 4.99. The normalized spacial score (nSPS) is 11.6. The predicted octanol–water partition coefficient (Wildman–Crippen LogP) is 9.14. The molecule has 0 radical (unpaired) electrons. The second-order valence-corrected chi connectivity index (χ2v) is 9.73. The first-order valence-corrected chi connectivity index (χ1v) is 13.4. The van der Waals surface area contributed by atoms with Gasteiger partial charge in [-0.2, -0.15) is 0 Å². The van der Waals surface area contributed by atoms with Crippen LogP contribution in [-0.2, 0) is 0 Å². The largest absolute Gasteiger partial charge is 0.507 e. The average molecular weight is 520 g/mol. The molecule has 0 amide bonds. The minimum absolute atomic E-state index is 0.215. The third kappa shape index (κ3) is 5.20. The highest BCUT2D eigenvalue weighted by molar-refractivity contribution is 5.78. The SMILES string of the molecule is CC(c1ccccc1)c1ccnc(N(c2ccccc2)c2cccc(-c3cccc(-c4ccccc4O)n3)c2)c1. The van der Waals surface area contributed by atoms with E-state index in [1.807, 2.05) is 72.9 Å². The molecule has 0 spiro atoms. The molecule has 0 saturated carbocycles. The minimum Gasteiger partial charge on any atom is -0.507 e. The van der Waals surface area contributed by atoms with Crippen LogP contribution in [0, 0.1) is 0 Å². The molecule has 194 valence electrons. The zero-order valence-electron chi connectivity index (χ0n) is 22.2. The van der Waals surface area contributed by atoms with Gasteiger partial charge in [-0.3, -0.25) is 4.90 Å². The molecule has 0 aliphatic heterocycles. The fourth-order valence-electron chi connectivity index (χ4n) is 4.99. The molecular weight excluding hydrogens is 490 g/mol. The summed E-state index contributed by atoms with van der Waals surface area (Å²) in [6.45, 7) is 2.23. The summed E-state index contributed by atoms with van der Waals surface area (Å²) in [7, 11) is 0. The number of phenols is 1. The lowest BCUT2D eigenvalue weighted by Gasteiger charge is -2.26. The highest BCUT2D eigenvalue weighted by atomic mass is 16.3. The Kier molecular flexibility index (Phi) is 7.06. The molecule has 6 rings (SSSR count). The molecule has 4 nitrogen and oxygen atoms in total. The quantitative estimate of drug-likeness (QED) is 0.228. The average Bonchev–Trinajstić information content (AvgIpc) is 3.02. The number of hydrogen-bond donors (Lipinski definition) is 1. The Balaban J connectivity index is 1.42. The second-order valence-electron chi connectivity index (χ2n) is 9.73. The van der Waals surface area contributed by atoms with Gasteiger partial charge in [0.15, 0.2) is 0 Å². The lowest BCUT2D eigenvalue weighted by atomic mass is 9.94. The molecule has 0 saturated heterocycles. The van der Waals surface area contributed by atoms with Crippen molar-refractivity contribution in [3.05, 3.63) is 157 Å². The van der Waals surface area contributed by atoms with Crippen molar-refractivity contribution >= 4 is 17.2 Å². The molecule has 4 aromatic carbocycles. The van der Waals surface area contributed by atoms with Crippen molar-refractivity contribution in [3.8, 4) is 28.3 Å². The number of benzene rings is 4. The van der Waals surface area contributed by atoms with Gasteiger partial charge in [-0.25, -0.2) is 9.97 Å². The zero-order chi connectivity index (χ0) is 27.3. The maximum absolute atomic E-state index is 10.4. The van der Waals surface area contributed by atoms with Gasteiger partial charge in [0.1, 0.15) is 11.6 Å². The summed E-state index contributed by atoms with van der Waals surface area (Å²) in [6, 6.07) is 46.6. The van der Waals surface area contributed by atoms with Gasteiger partial charge in [0.25, 0.3) is 0 Å². The van der Waals surface area contributed by atoms with Crippen LogP contribution in [0.3, 0.4) is 0 Å². The summed E-state index contributed by atoms with van der Waals surface area (Å²) < 4.78 is 0. The van der Waals surface area contributed by atoms with Crippen LogP contribution in [0.15, 0.2) is 146 Å². The summed E-state index contributed by atoms with van der Waals surface area (Å²) in [5.41, 5.74) is 7.71. The summed E-state index contributed by atoms with van der Waals surface area (Å²) >= 11 is 0. The van der Waals surface area contributed by atoms with Crippen molar-refractivity contribution in [1.82, 2.24) is 9.97 Å². The van der Waals surface area contributed by atoms with Crippen LogP contribution in [0.1, 0.15) is 24.0 Å². The number of aromatic hydroxyl groups is 1. The topological polar surface area (TPSA) is 49.2 Å². The minimum atomic E-state index is 0.215. The van der Waals surface area contributed by atoms with E-state index >= 15 is 0 Å². The van der Waals surface area contributed by atoms with Gasteiger partial charge in [0.2, 0.25) is 0 Å². The van der Waals surface area contributed by atoms with Crippen LogP contribution in [0.4, 0.5) is 17.2 Å². The Bertz CT molecular complexity index is 1730. The third-order valence-electron chi connectivity index (χ3n) is 7.14. The molecule has 0 bridgehead atoms. The summed E-state index contributed by atoms with van der Waals surface area (Å²) in [5.74, 6) is 1.29. The van der Waals surface area contributed by atoms with Crippen LogP contribution in [0.5, 0.6) is 5.75 Å². The van der Waals surface area contributed by atoms with Gasteiger partial charge in [-0.05, 0) is 71.8 Å². The highest BCUT2D eigenvalue weighted by Crippen LogP contribution is 2.37. The molecule has 2 aromatic heterocycles. The van der Waals surface area contributed by atoms with Crippen molar-refractivity contribution in [3.63, 3.8) is 0 Å². The maximum atomic E-state index is 10.4. The summed E-state index contributed by atoms with van der Waals surface area (Å²) in [6.07, 6.45) is 1.89. The lowest BCUT2D eigenvalue weighted by molar-refractivity contribution is 0.477. The van der Waals surface area contributed by atoms with E-state index in [0.717, 1.165) is 34.1 Å². The van der Waals surface area contributed by atoms with E-state index in [2.05, 4.69) is 78.6 Å². The van der Waals surface area contributed by atoms with E-state index in [-0.39, 0.29) is 11.7 Å². The first kappa shape index (κ1) is 25.1. The van der Waals surface area contributed by atoms with Gasteiger partial charge in [0, 0.05) is 34.6 Å². The van der Waals surface area contributed by atoms with E-state index < -0.39 is 0 Å². The van der Waals surface area contributed by atoms with E-state index in [1.54, 1.807) is 6.07 Å². The van der Waals surface area contributed by atoms with Crippen molar-refractivity contribution in [2.24, 2.45) is 0 Å². The number of rotatable bonds is 7. The number of phenolic OH excluding ortho intramolecular Hbond substituents is 1. The van der Waals surface area contributed by atoms with E-state index in [4.69, 9.17) is 9.97 Å². The van der Waals surface area contributed by atoms with E-state index in [0.29, 0.717) is 5.56 Å². The smallest absolute Gasteiger partial charge is 0.137 e. The van der Waals surface area contributed by atoms with Crippen LogP contribution >= 0.6 is 0 Å². The molecule has 2 heterocycles. The summed E-state index contributed by atoms with van der Waals surface area (Å²) in [5, 5.41) is 10.4. The monoisotopic (exact) mass is 519 g/mol. The Labute approximate surface area is 234 Å². The number of para-hydroxylation sites is 2. The Morgan fingerprint density at radius 2 is 1.27 bits per heavy atom. The van der Waals surface area contributed by atoms with Crippen molar-refractivity contribution in [1.29, 1.82) is 0 Å². The van der Waals surface area contributed by atoms with E-state index in [1.165, 1.54) is 11.1 Å². The molecule has 0 aliphatic carbocycles. The molecule has 0 aliphatic rings. The van der Waals surface area contributed by atoms with Crippen molar-refractivity contribution in [2.75, 3.05) is 4.90 Å². The lowest BCUT2D eigenvalue weighted by Crippen LogP contribution is -2.12. The Hall–Kier alpha value is -5.22. The van der Waals surface area contributed by atoms with Gasteiger partial charge in [-0.1, -0.05) is 85.8 Å². The third-order valence-corrected chi connectivity index (χ3v) is 7.14. The zero-order valence-corrected chi connectivity index (χ0v) is 22.2. The number of anilines is 3. The summed E-state index contributed by atoms with van der Waals surface area (Å²) in [4.78, 5) is 11.9. The molecule has 1 N–H and O–H groups in total. The van der Waals surface area contributed by atoms with Crippen LogP contribution in [0.2, 0.25) is 0 Å². The van der Waals surface area contributed by atoms with Crippen molar-refractivity contribution in [2.45, 2.75) is 12.8 Å². The molecule has 1 unspecified atom stereocenters. The maximum Gasteiger partial charge on any atom is 0.137 e. The predicted molar refractivity (Wildman–Crippen MR) is 163 cm³/mol. The number of hydrogen-bond acceptors (Lipinski definition) is 4. The van der Waals surface area contributed by atoms with Crippen LogP contribution < -0.4 is 4.90 Å². The molecule has 0 fully saturated rings. The van der Waals surface area contributed by atoms with Crippen LogP contribution in [0.25, 0.3) is 22.5 Å². The highest BCUT2D eigenvalue weighted by Gasteiger charge is 2.17. The second kappa shape index (κ2) is 11.3. The van der Waals surface area contributed by atoms with Crippen LogP contribution in [-0.4, -0.2) is 15.1 Å². The number of aromatic nitrogens is 2. The van der Waals surface area contributed by atoms with Gasteiger partial charge >= 0.3 is 0 Å². The number of pyridine rings is 2. The molecule has 6 aromatic rings. The molecular formula is C36H29N3O. The Morgan fingerprint density at radius 3 is 2.08 bits per heavy atom. The molecule has 4 heteroatoms. The standard InChI is InChI=1S/C36H29N3O/c1-26(27-12-4-2-5-13-27)28-22-23-37-36(25-28)39(30-15-6-3-7-16-30)31-17-10-14-29(24-31)33-19-11-20-34(38-33)32-18-8-9-21-35(32)40/h2-26,40H,1H3. The first-order chi connectivity index (χ1) is 19.7. The van der Waals surface area contributed by atoms with Gasteiger partial charge < -0.3 is 5.11 Å². The van der Waals surface area contributed by atoms with Gasteiger partial charge in [-0.15, -0.1) is 0 Å². The fraction of sp³-hybridized carbons (Fsp3) is 0.0556. The van der Waals surface area contributed by atoms with Crippen molar-refractivity contribution < 1.29 is 5.11 Å². The van der Waals surface area contributed by atoms with E-state index in [9.17, 15) is 5.11 Å². The first-order valence-electron chi connectivity index (χ1n) is 13.4. The van der Waals surface area contributed by atoms with Gasteiger partial charge in [0.05, 0.1) is 11.4 Å². The number of nitrogens with zero attached hydrogens (tertiary/aromatic N) is 3. The Morgan fingerprint density at radius 1 is 0.600 bits per heavy atom. The molecule has 1 atom stereocenters.